The summed E-state index contributed by atoms with van der Waals surface area (Å²) in [5.74, 6) is 3.58. The number of rotatable bonds is 9. The highest BCUT2D eigenvalue weighted by Gasteiger charge is 2.43. The standard InChI is InChI=1S/C45H36N12/c1-2-3-4-5-10-27-19-33-32(34(20-27)52-37-11-8-15-46-37)21-28(24-48-33)41-30-13-14-31-39(30)40-43(54-41)49-25-50-44(40)55-45(31)57-26-51-35-22-29(56-17-6-7-18-56)23-36(42(35)57)53-38-12-9-16-47-38/h2-9,11-20,22-26,28,40,46-47,52-53H,10,21H2,1H3/b3-2-,5-4-. The van der Waals surface area contributed by atoms with Crippen molar-refractivity contribution in [1.82, 2.24) is 24.1 Å². The second-order valence-corrected chi connectivity index (χ2v) is 14.4. The van der Waals surface area contributed by atoms with Gasteiger partial charge in [0.05, 0.1) is 28.1 Å². The van der Waals surface area contributed by atoms with E-state index in [4.69, 9.17) is 29.9 Å². The summed E-state index contributed by atoms with van der Waals surface area (Å²) < 4.78 is 4.16. The molecule has 6 aromatic rings. The van der Waals surface area contributed by atoms with Gasteiger partial charge in [-0.25, -0.2) is 25.0 Å². The maximum Gasteiger partial charge on any atom is 0.148 e. The maximum absolute atomic E-state index is 5.26. The van der Waals surface area contributed by atoms with Crippen LogP contribution in [0.5, 0.6) is 0 Å². The summed E-state index contributed by atoms with van der Waals surface area (Å²) >= 11 is 0. The second-order valence-electron chi connectivity index (χ2n) is 14.4. The van der Waals surface area contributed by atoms with Gasteiger partial charge >= 0.3 is 0 Å². The highest BCUT2D eigenvalue weighted by Crippen LogP contribution is 2.47. The van der Waals surface area contributed by atoms with Crippen LogP contribution in [-0.4, -0.2) is 54.1 Å². The number of fused-ring (bicyclic) bond motifs is 2. The number of nitrogens with zero attached hydrogens (tertiary/aromatic N) is 8. The summed E-state index contributed by atoms with van der Waals surface area (Å²) in [6.45, 7) is 2.02. The van der Waals surface area contributed by atoms with E-state index in [0.29, 0.717) is 11.7 Å². The molecule has 276 valence electrons. The molecule has 4 aliphatic heterocycles. The van der Waals surface area contributed by atoms with Crippen LogP contribution < -0.4 is 10.6 Å². The Morgan fingerprint density at radius 3 is 2.49 bits per heavy atom. The monoisotopic (exact) mass is 744 g/mol. The molecule has 4 aromatic heterocycles. The fourth-order valence-corrected chi connectivity index (χ4v) is 8.33. The highest BCUT2D eigenvalue weighted by molar-refractivity contribution is 6.26. The van der Waals surface area contributed by atoms with Gasteiger partial charge in [0.1, 0.15) is 47.7 Å². The molecule has 0 amide bonds. The van der Waals surface area contributed by atoms with Crippen LogP contribution in [0.25, 0.3) is 16.7 Å². The van der Waals surface area contributed by atoms with Crippen LogP contribution in [0.2, 0.25) is 0 Å². The molecule has 0 bridgehead atoms. The fraction of sp³-hybridized carbons (Fsp3) is 0.111. The first-order chi connectivity index (χ1) is 28.2. The second kappa shape index (κ2) is 13.3. The first-order valence-electron chi connectivity index (χ1n) is 19.1. The lowest BCUT2D eigenvalue weighted by atomic mass is 9.80. The van der Waals surface area contributed by atoms with Gasteiger partial charge < -0.3 is 25.2 Å². The molecule has 4 N–H and O–H groups in total. The number of allylic oxidation sites excluding steroid dienone is 9. The van der Waals surface area contributed by atoms with Crippen molar-refractivity contribution in [2.24, 2.45) is 36.8 Å². The predicted octanol–water partition coefficient (Wildman–Crippen LogP) is 9.07. The molecule has 0 radical (unpaired) electrons. The van der Waals surface area contributed by atoms with Crippen molar-refractivity contribution in [3.05, 3.63) is 162 Å². The summed E-state index contributed by atoms with van der Waals surface area (Å²) in [5.41, 5.74) is 12.1. The number of imidazole rings is 1. The van der Waals surface area contributed by atoms with Gasteiger partial charge in [-0.1, -0.05) is 36.5 Å². The zero-order chi connectivity index (χ0) is 37.9. The van der Waals surface area contributed by atoms with Crippen molar-refractivity contribution in [2.75, 3.05) is 10.6 Å². The number of anilines is 4. The maximum atomic E-state index is 5.26. The van der Waals surface area contributed by atoms with Gasteiger partial charge in [-0.15, -0.1) is 0 Å². The molecule has 2 aromatic carbocycles. The van der Waals surface area contributed by atoms with E-state index in [1.807, 2.05) is 86.6 Å². The predicted molar refractivity (Wildman–Crippen MR) is 230 cm³/mol. The molecule has 8 heterocycles. The van der Waals surface area contributed by atoms with E-state index in [0.717, 1.165) is 92.1 Å². The number of aromatic amines is 2. The van der Waals surface area contributed by atoms with Crippen LogP contribution >= 0.6 is 0 Å². The molecule has 5 aliphatic rings. The Kier molecular flexibility index (Phi) is 7.66. The smallest absolute Gasteiger partial charge is 0.148 e. The van der Waals surface area contributed by atoms with E-state index >= 15 is 0 Å². The Labute approximate surface area is 327 Å². The summed E-state index contributed by atoms with van der Waals surface area (Å²) in [7, 11) is 0. The lowest BCUT2D eigenvalue weighted by Gasteiger charge is -2.33. The van der Waals surface area contributed by atoms with Gasteiger partial charge in [0.2, 0.25) is 0 Å². The van der Waals surface area contributed by atoms with Crippen LogP contribution in [0.4, 0.5) is 28.7 Å². The molecular weight excluding hydrogens is 709 g/mol. The van der Waals surface area contributed by atoms with Crippen molar-refractivity contribution in [3.8, 4) is 5.69 Å². The first kappa shape index (κ1) is 32.8. The topological polar surface area (TPSA) is 140 Å². The van der Waals surface area contributed by atoms with Crippen LogP contribution in [0.1, 0.15) is 18.1 Å². The number of H-pyrrole nitrogens is 2. The number of aromatic nitrogens is 5. The molecule has 0 fully saturated rings. The summed E-state index contributed by atoms with van der Waals surface area (Å²) in [6, 6.07) is 20.7. The summed E-state index contributed by atoms with van der Waals surface area (Å²) in [4.78, 5) is 36.6. The van der Waals surface area contributed by atoms with Crippen molar-refractivity contribution in [1.29, 1.82) is 0 Å². The zero-order valence-corrected chi connectivity index (χ0v) is 30.9. The van der Waals surface area contributed by atoms with Crippen LogP contribution in [0.15, 0.2) is 176 Å². The number of benzene rings is 2. The van der Waals surface area contributed by atoms with Crippen LogP contribution in [0.3, 0.4) is 0 Å². The van der Waals surface area contributed by atoms with Gasteiger partial charge in [0, 0.05) is 65.0 Å². The largest absolute Gasteiger partial charge is 0.348 e. The third-order valence-corrected chi connectivity index (χ3v) is 10.9. The van der Waals surface area contributed by atoms with Crippen molar-refractivity contribution < 1.29 is 0 Å². The van der Waals surface area contributed by atoms with Gasteiger partial charge in [0.15, 0.2) is 0 Å². The molecule has 12 heteroatoms. The number of amidine groups is 2. The summed E-state index contributed by atoms with van der Waals surface area (Å²) in [6.07, 6.45) is 27.6. The van der Waals surface area contributed by atoms with Crippen molar-refractivity contribution >= 4 is 69.8 Å². The third-order valence-electron chi connectivity index (χ3n) is 10.9. The van der Waals surface area contributed by atoms with Crippen LogP contribution in [-0.2, 0) is 12.8 Å². The van der Waals surface area contributed by atoms with Gasteiger partial charge in [-0.3, -0.25) is 9.56 Å². The minimum Gasteiger partial charge on any atom is -0.348 e. The molecule has 12 nitrogen and oxygen atoms in total. The van der Waals surface area contributed by atoms with E-state index in [1.165, 1.54) is 5.56 Å². The first-order valence-corrected chi connectivity index (χ1v) is 19.1. The number of hydrogen-bond acceptors (Lipinski definition) is 8. The minimum absolute atomic E-state index is 0.0836. The van der Waals surface area contributed by atoms with Gasteiger partial charge in [0.25, 0.3) is 0 Å². The Balaban J connectivity index is 1.01. The Morgan fingerprint density at radius 1 is 0.860 bits per heavy atom. The normalized spacial score (nSPS) is 19.1. The Morgan fingerprint density at radius 2 is 1.68 bits per heavy atom. The SMILES string of the molecule is C/C=C\C=C/Cc1cc2c(c(Nc3ccc[nH]3)c1)CC(C1=C3C=CC4=C3C3C(=NC=NC3=N1)N=C4n1cnc3cc(-n4cccc4)cc(Nc4ccc[nH]4)c31)C=N2. The van der Waals surface area contributed by atoms with E-state index in [9.17, 15) is 0 Å². The number of nitrogens with one attached hydrogen (secondary N) is 4. The van der Waals surface area contributed by atoms with Crippen molar-refractivity contribution in [2.45, 2.75) is 19.8 Å². The number of aliphatic imine (C=N–C) groups is 5. The van der Waals surface area contributed by atoms with E-state index in [-0.39, 0.29) is 11.8 Å². The third kappa shape index (κ3) is 5.60. The molecule has 0 saturated carbocycles. The van der Waals surface area contributed by atoms with E-state index < -0.39 is 0 Å². The highest BCUT2D eigenvalue weighted by atomic mass is 15.2. The quantitative estimate of drug-likeness (QED) is 0.110. The average Bonchev–Trinajstić information content (AvgIpc) is 4.09. The molecule has 0 spiro atoms. The van der Waals surface area contributed by atoms with Crippen molar-refractivity contribution in [3.63, 3.8) is 0 Å². The zero-order valence-electron chi connectivity index (χ0n) is 30.9. The minimum atomic E-state index is -0.259. The number of hydrogen-bond donors (Lipinski definition) is 4. The van der Waals surface area contributed by atoms with Crippen LogP contribution in [0, 0.1) is 11.8 Å². The molecule has 1 aliphatic carbocycles. The lowest BCUT2D eigenvalue weighted by Crippen LogP contribution is -2.36. The summed E-state index contributed by atoms with van der Waals surface area (Å²) in [5, 5.41) is 7.25. The molecule has 2 unspecified atom stereocenters. The molecule has 2 atom stereocenters. The van der Waals surface area contributed by atoms with E-state index in [1.54, 1.807) is 6.34 Å². The molecule has 11 rings (SSSR count). The average molecular weight is 745 g/mol. The molecule has 0 saturated heterocycles. The van der Waals surface area contributed by atoms with Gasteiger partial charge in [-0.2, -0.15) is 0 Å². The van der Waals surface area contributed by atoms with E-state index in [2.05, 4.69) is 84.5 Å². The Hall–Kier alpha value is -7.60. The number of dihydropyridines is 1. The fourth-order valence-electron chi connectivity index (χ4n) is 8.33. The van der Waals surface area contributed by atoms with Gasteiger partial charge in [-0.05, 0) is 91.6 Å². The Bertz CT molecular complexity index is 2900. The molecular formula is C45H36N12. The molecule has 57 heavy (non-hydrogen) atoms. The lowest BCUT2D eigenvalue weighted by molar-refractivity contribution is 0.767.